The van der Waals surface area contributed by atoms with Crippen LogP contribution >= 0.6 is 0 Å². The summed E-state index contributed by atoms with van der Waals surface area (Å²) in [6.07, 6.45) is 28.3. The van der Waals surface area contributed by atoms with Crippen LogP contribution in [0, 0.1) is 6.92 Å². The molecule has 0 aliphatic rings. The first-order valence-corrected chi connectivity index (χ1v) is 9.86. The first-order chi connectivity index (χ1) is 10.4. The smallest absolute Gasteiger partial charge is 0.0351 e. The van der Waals surface area contributed by atoms with Crippen molar-refractivity contribution in [3.63, 3.8) is 0 Å². The van der Waals surface area contributed by atoms with E-state index < -0.39 is 0 Å². The highest BCUT2D eigenvalue weighted by atomic mass is 14.0. The predicted octanol–water partition coefficient (Wildman–Crippen LogP) is 8.03. The van der Waals surface area contributed by atoms with E-state index in [0.717, 1.165) is 6.42 Å². The quantitative estimate of drug-likeness (QED) is 0.188. The topological polar surface area (TPSA) is 0 Å². The molecule has 0 bridgehead atoms. The van der Waals surface area contributed by atoms with Crippen LogP contribution in [0.15, 0.2) is 12.2 Å². The maximum Gasteiger partial charge on any atom is -0.0351 e. The Morgan fingerprint density at radius 3 is 1.33 bits per heavy atom. The minimum Gasteiger partial charge on any atom is -0.0885 e. The maximum absolute atomic E-state index is 3.89. The molecule has 0 N–H and O–H groups in total. The first kappa shape index (κ1) is 20.7. The second-order valence-corrected chi connectivity index (χ2v) is 6.50. The zero-order valence-electron chi connectivity index (χ0n) is 14.9. The summed E-state index contributed by atoms with van der Waals surface area (Å²) in [7, 11) is 0. The molecule has 0 aliphatic carbocycles. The summed E-state index contributed by atoms with van der Waals surface area (Å²) in [5.41, 5.74) is 0. The van der Waals surface area contributed by atoms with Crippen LogP contribution < -0.4 is 0 Å². The molecule has 21 heavy (non-hydrogen) atoms. The molecule has 0 fully saturated rings. The average Bonchev–Trinajstić information content (AvgIpc) is 2.50. The Bertz CT molecular complexity index is 192. The molecule has 0 aromatic carbocycles. The molecule has 0 rings (SSSR count). The summed E-state index contributed by atoms with van der Waals surface area (Å²) >= 11 is 0. The normalized spacial score (nSPS) is 11.5. The van der Waals surface area contributed by atoms with Crippen molar-refractivity contribution in [1.82, 2.24) is 0 Å². The van der Waals surface area contributed by atoms with Crippen LogP contribution in [0.25, 0.3) is 0 Å². The molecule has 1 radical (unpaired) electrons. The monoisotopic (exact) mass is 293 g/mol. The number of allylic oxidation sites excluding steroid dienone is 2. The van der Waals surface area contributed by atoms with Gasteiger partial charge in [0.25, 0.3) is 0 Å². The molecule has 0 saturated carbocycles. The van der Waals surface area contributed by atoms with E-state index in [9.17, 15) is 0 Å². The Balaban J connectivity index is 3.02. The van der Waals surface area contributed by atoms with Crippen molar-refractivity contribution in [1.29, 1.82) is 0 Å². The van der Waals surface area contributed by atoms with E-state index in [-0.39, 0.29) is 0 Å². The Kier molecular flexibility index (Phi) is 19.5. The molecule has 0 aromatic heterocycles. The first-order valence-electron chi connectivity index (χ1n) is 9.86. The van der Waals surface area contributed by atoms with Crippen molar-refractivity contribution in [2.45, 2.75) is 116 Å². The SMILES string of the molecule is [CH2]CCCCCCCCCCC=CCCCCCCCC. The van der Waals surface area contributed by atoms with Crippen LogP contribution in [0.5, 0.6) is 0 Å². The minimum absolute atomic E-state index is 1.12. The molecular weight excluding hydrogens is 252 g/mol. The average molecular weight is 294 g/mol. The lowest BCUT2D eigenvalue weighted by atomic mass is 10.1. The lowest BCUT2D eigenvalue weighted by Crippen LogP contribution is -1.81. The van der Waals surface area contributed by atoms with E-state index >= 15 is 0 Å². The third kappa shape index (κ3) is 19.7. The molecule has 0 spiro atoms. The van der Waals surface area contributed by atoms with Gasteiger partial charge in [-0.3, -0.25) is 0 Å². The molecule has 0 atom stereocenters. The molecule has 125 valence electrons. The summed E-state index contributed by atoms with van der Waals surface area (Å²) in [5, 5.41) is 0. The fourth-order valence-electron chi connectivity index (χ4n) is 2.78. The maximum atomic E-state index is 3.89. The van der Waals surface area contributed by atoms with Crippen molar-refractivity contribution in [2.24, 2.45) is 0 Å². The Labute approximate surface area is 135 Å². The Hall–Kier alpha value is -0.260. The molecule has 0 amide bonds. The van der Waals surface area contributed by atoms with Crippen LogP contribution in [0.2, 0.25) is 0 Å². The van der Waals surface area contributed by atoms with Gasteiger partial charge < -0.3 is 0 Å². The zero-order valence-corrected chi connectivity index (χ0v) is 14.9. The fraction of sp³-hybridized carbons (Fsp3) is 0.857. The zero-order chi connectivity index (χ0) is 15.4. The number of hydrogen-bond donors (Lipinski definition) is 0. The van der Waals surface area contributed by atoms with Gasteiger partial charge in [-0.1, -0.05) is 109 Å². The molecule has 0 aliphatic heterocycles. The number of hydrogen-bond acceptors (Lipinski definition) is 0. The standard InChI is InChI=1S/C21H41/c1-3-5-7-9-11-13-15-17-19-21-20-18-16-14-12-10-8-6-4-2/h18,20H,1,3-17,19,21H2,2H3. The summed E-state index contributed by atoms with van der Waals surface area (Å²) in [4.78, 5) is 0. The van der Waals surface area contributed by atoms with Crippen molar-refractivity contribution in [2.75, 3.05) is 0 Å². The van der Waals surface area contributed by atoms with Gasteiger partial charge in [0, 0.05) is 0 Å². The third-order valence-electron chi connectivity index (χ3n) is 4.26. The van der Waals surface area contributed by atoms with Gasteiger partial charge in [-0.25, -0.2) is 0 Å². The van der Waals surface area contributed by atoms with Gasteiger partial charge in [-0.05, 0) is 25.7 Å². The molecular formula is C21H41. The second-order valence-electron chi connectivity index (χ2n) is 6.50. The molecule has 0 saturated heterocycles. The molecule has 0 aromatic rings. The van der Waals surface area contributed by atoms with E-state index in [0.29, 0.717) is 0 Å². The van der Waals surface area contributed by atoms with Crippen molar-refractivity contribution in [3.8, 4) is 0 Å². The highest BCUT2D eigenvalue weighted by Crippen LogP contribution is 2.11. The van der Waals surface area contributed by atoms with E-state index in [1.54, 1.807) is 0 Å². The second kappa shape index (κ2) is 19.7. The van der Waals surface area contributed by atoms with Crippen LogP contribution in [0.4, 0.5) is 0 Å². The van der Waals surface area contributed by atoms with Gasteiger partial charge in [0.05, 0.1) is 0 Å². The van der Waals surface area contributed by atoms with Gasteiger partial charge >= 0.3 is 0 Å². The van der Waals surface area contributed by atoms with E-state index in [4.69, 9.17) is 0 Å². The van der Waals surface area contributed by atoms with Gasteiger partial charge in [0.15, 0.2) is 0 Å². The van der Waals surface area contributed by atoms with Crippen LogP contribution in [0.1, 0.15) is 116 Å². The molecule has 0 unspecified atom stereocenters. The van der Waals surface area contributed by atoms with Crippen LogP contribution in [-0.4, -0.2) is 0 Å². The highest BCUT2D eigenvalue weighted by molar-refractivity contribution is 4.81. The molecule has 0 heteroatoms. The lowest BCUT2D eigenvalue weighted by molar-refractivity contribution is 0.570. The minimum atomic E-state index is 1.12. The number of unbranched alkanes of at least 4 members (excludes halogenated alkanes) is 15. The summed E-state index contributed by atoms with van der Waals surface area (Å²) < 4.78 is 0. The summed E-state index contributed by atoms with van der Waals surface area (Å²) in [5.74, 6) is 0. The summed E-state index contributed by atoms with van der Waals surface area (Å²) in [6.45, 7) is 6.17. The Morgan fingerprint density at radius 2 is 0.905 bits per heavy atom. The van der Waals surface area contributed by atoms with Gasteiger partial charge in [-0.15, -0.1) is 0 Å². The van der Waals surface area contributed by atoms with E-state index in [1.165, 1.54) is 103 Å². The van der Waals surface area contributed by atoms with Gasteiger partial charge in [0.1, 0.15) is 0 Å². The number of rotatable bonds is 17. The van der Waals surface area contributed by atoms with Crippen LogP contribution in [0.3, 0.4) is 0 Å². The highest BCUT2D eigenvalue weighted by Gasteiger charge is 1.91. The van der Waals surface area contributed by atoms with Crippen molar-refractivity contribution in [3.05, 3.63) is 19.1 Å². The lowest BCUT2D eigenvalue weighted by Gasteiger charge is -2.00. The summed E-state index contributed by atoms with van der Waals surface area (Å²) in [6, 6.07) is 0. The van der Waals surface area contributed by atoms with Crippen molar-refractivity contribution < 1.29 is 0 Å². The predicted molar refractivity (Wildman–Crippen MR) is 98.7 cm³/mol. The molecule has 0 nitrogen and oxygen atoms in total. The van der Waals surface area contributed by atoms with E-state index in [2.05, 4.69) is 26.0 Å². The van der Waals surface area contributed by atoms with Gasteiger partial charge in [-0.2, -0.15) is 0 Å². The Morgan fingerprint density at radius 1 is 0.524 bits per heavy atom. The largest absolute Gasteiger partial charge is 0.0885 e. The fourth-order valence-corrected chi connectivity index (χ4v) is 2.78. The van der Waals surface area contributed by atoms with Gasteiger partial charge in [0.2, 0.25) is 0 Å². The molecule has 0 heterocycles. The third-order valence-corrected chi connectivity index (χ3v) is 4.26. The van der Waals surface area contributed by atoms with Crippen LogP contribution in [-0.2, 0) is 0 Å². The van der Waals surface area contributed by atoms with Crippen molar-refractivity contribution >= 4 is 0 Å². The van der Waals surface area contributed by atoms with E-state index in [1.807, 2.05) is 0 Å².